The summed E-state index contributed by atoms with van der Waals surface area (Å²) >= 11 is 1.73. The van der Waals surface area contributed by atoms with Gasteiger partial charge in [0.25, 0.3) is 5.91 Å². The molecule has 4 rings (SSSR count). The summed E-state index contributed by atoms with van der Waals surface area (Å²) < 4.78 is 0. The van der Waals surface area contributed by atoms with Crippen LogP contribution < -0.4 is 10.6 Å². The van der Waals surface area contributed by atoms with E-state index in [2.05, 4.69) is 10.6 Å². The maximum absolute atomic E-state index is 12.6. The van der Waals surface area contributed by atoms with Gasteiger partial charge in [-0.15, -0.1) is 11.3 Å². The number of hydrogen-bond donors (Lipinski definition) is 5. The third kappa shape index (κ3) is 5.16. The van der Waals surface area contributed by atoms with Gasteiger partial charge in [-0.2, -0.15) is 0 Å². The number of nitrogens with one attached hydrogen (secondary N) is 2. The number of hydrogen-bond acceptors (Lipinski definition) is 7. The maximum Gasteiger partial charge on any atom is 0.258 e. The van der Waals surface area contributed by atoms with Crippen LogP contribution in [0.3, 0.4) is 0 Å². The Hall–Kier alpha value is -3.52. The van der Waals surface area contributed by atoms with Gasteiger partial charge >= 0.3 is 0 Å². The number of rotatable bonds is 4. The van der Waals surface area contributed by atoms with Gasteiger partial charge < -0.3 is 26.0 Å². The van der Waals surface area contributed by atoms with Crippen molar-refractivity contribution in [1.29, 1.82) is 0 Å². The van der Waals surface area contributed by atoms with Gasteiger partial charge in [0.15, 0.2) is 17.2 Å². The monoisotopic (exact) mass is 440 g/mol. The number of aromatic hydroxyl groups is 3. The van der Waals surface area contributed by atoms with Gasteiger partial charge in [0.05, 0.1) is 5.56 Å². The summed E-state index contributed by atoms with van der Waals surface area (Å²) in [6.45, 7) is 0. The van der Waals surface area contributed by atoms with Crippen LogP contribution >= 0.6 is 11.3 Å². The molecule has 0 fully saturated rings. The molecule has 162 valence electrons. The number of phenols is 3. The molecule has 3 aromatic rings. The zero-order valence-corrected chi connectivity index (χ0v) is 17.8. The normalized spacial score (nSPS) is 12.2. The number of carbonyl (C=O) groups is 2. The van der Waals surface area contributed by atoms with Gasteiger partial charge in [-0.1, -0.05) is 18.2 Å². The number of anilines is 2. The highest BCUT2D eigenvalue weighted by molar-refractivity contribution is 7.16. The lowest BCUT2D eigenvalue weighted by Crippen LogP contribution is -2.15. The summed E-state index contributed by atoms with van der Waals surface area (Å²) in [7, 11) is 1.89. The first-order valence-electron chi connectivity index (χ1n) is 9.83. The molecule has 1 aliphatic carbocycles. The van der Waals surface area contributed by atoms with E-state index >= 15 is 0 Å². The zero-order valence-electron chi connectivity index (χ0n) is 17.0. The average Bonchev–Trinajstić information content (AvgIpc) is 3.17. The minimum absolute atomic E-state index is 0.0000463. The van der Waals surface area contributed by atoms with E-state index < -0.39 is 17.2 Å². The molecule has 2 aromatic carbocycles. The Morgan fingerprint density at radius 1 is 1.03 bits per heavy atom. The topological polar surface area (TPSA) is 119 Å². The van der Waals surface area contributed by atoms with Crippen LogP contribution in [-0.2, 0) is 12.8 Å². The van der Waals surface area contributed by atoms with Crippen LogP contribution in [0.15, 0.2) is 42.5 Å². The Morgan fingerprint density at radius 3 is 2.29 bits per heavy atom. The minimum Gasteiger partial charge on any atom is -0.504 e. The van der Waals surface area contributed by atoms with Crippen LogP contribution in [-0.4, -0.2) is 34.6 Å². The first-order valence-corrected chi connectivity index (χ1v) is 10.6. The van der Waals surface area contributed by atoms with Crippen LogP contribution in [0.5, 0.6) is 17.2 Å². The first-order chi connectivity index (χ1) is 14.9. The van der Waals surface area contributed by atoms with Crippen LogP contribution in [0, 0.1) is 0 Å². The van der Waals surface area contributed by atoms with Gasteiger partial charge in [0.1, 0.15) is 11.3 Å². The summed E-state index contributed by atoms with van der Waals surface area (Å²) in [6, 6.07) is 11.7. The highest BCUT2D eigenvalue weighted by Crippen LogP contribution is 2.38. The van der Waals surface area contributed by atoms with Crippen LogP contribution in [0.4, 0.5) is 10.7 Å². The van der Waals surface area contributed by atoms with Gasteiger partial charge in [-0.05, 0) is 55.5 Å². The molecular weight excluding hydrogens is 416 g/mol. The van der Waals surface area contributed by atoms with Crippen LogP contribution in [0.2, 0.25) is 0 Å². The number of amides is 1. The van der Waals surface area contributed by atoms with Crippen molar-refractivity contribution in [3.05, 3.63) is 64.0 Å². The van der Waals surface area contributed by atoms with Crippen molar-refractivity contribution >= 4 is 34.2 Å². The molecule has 5 N–H and O–H groups in total. The van der Waals surface area contributed by atoms with E-state index in [1.165, 1.54) is 23.3 Å². The molecule has 0 atom stereocenters. The molecule has 1 heterocycles. The standard InChI is InChI=1S/C16H18N2OS.C7H6O4/c1-17-16-14(12-9-5-6-10-13(12)20-16)15(19)18-11-7-3-2-4-8-11;8-3-4-1-5(9)7(11)6(10)2-4/h2-4,7-8,17H,5-6,9-10H2,1H3,(H,18,19);1-3,9-11H. The van der Waals surface area contributed by atoms with Gasteiger partial charge in [-0.25, -0.2) is 0 Å². The quantitative estimate of drug-likeness (QED) is 0.300. The molecular formula is C23H24N2O5S. The number of aryl methyl sites for hydroxylation is 1. The van der Waals surface area contributed by atoms with Crippen LogP contribution in [0.25, 0.3) is 0 Å². The molecule has 8 heteroatoms. The van der Waals surface area contributed by atoms with E-state index in [4.69, 9.17) is 15.3 Å². The predicted octanol–water partition coefficient (Wildman–Crippen LogP) is 4.54. The Kier molecular flexibility index (Phi) is 7.15. The SMILES string of the molecule is CNc1sc2c(c1C(=O)Nc1ccccc1)CCCC2.O=Cc1cc(O)c(O)c(O)c1. The number of phenolic OH excluding ortho intramolecular Hbond substituents is 3. The molecule has 31 heavy (non-hydrogen) atoms. The van der Waals surface area contributed by atoms with Gasteiger partial charge in [-0.3, -0.25) is 9.59 Å². The predicted molar refractivity (Wildman–Crippen MR) is 122 cm³/mol. The van der Waals surface area contributed by atoms with E-state index in [0.717, 1.165) is 41.2 Å². The summed E-state index contributed by atoms with van der Waals surface area (Å²) in [5, 5.41) is 33.7. The molecule has 1 aliphatic rings. The Bertz CT molecular complexity index is 1060. The first kappa shape index (κ1) is 22.2. The number of para-hydroxylation sites is 1. The lowest BCUT2D eigenvalue weighted by Gasteiger charge is -2.13. The Balaban J connectivity index is 0.000000210. The third-order valence-corrected chi connectivity index (χ3v) is 6.19. The number of carbonyl (C=O) groups excluding carboxylic acids is 2. The largest absolute Gasteiger partial charge is 0.504 e. The smallest absolute Gasteiger partial charge is 0.258 e. The maximum atomic E-state index is 12.6. The Labute approximate surface area is 184 Å². The lowest BCUT2D eigenvalue weighted by atomic mass is 9.95. The molecule has 7 nitrogen and oxygen atoms in total. The second kappa shape index (κ2) is 9.99. The Morgan fingerprint density at radius 2 is 1.68 bits per heavy atom. The summed E-state index contributed by atoms with van der Waals surface area (Å²) in [4.78, 5) is 24.1. The molecule has 1 amide bonds. The lowest BCUT2D eigenvalue weighted by molar-refractivity contribution is 0.102. The van der Waals surface area contributed by atoms with Crippen molar-refractivity contribution in [1.82, 2.24) is 0 Å². The number of fused-ring (bicyclic) bond motifs is 1. The van der Waals surface area contributed by atoms with Crippen molar-refractivity contribution in [2.24, 2.45) is 0 Å². The number of benzene rings is 2. The summed E-state index contributed by atoms with van der Waals surface area (Å²) in [6.07, 6.45) is 4.99. The van der Waals surface area contributed by atoms with Crippen molar-refractivity contribution in [3.8, 4) is 17.2 Å². The molecule has 0 saturated heterocycles. The van der Waals surface area contributed by atoms with E-state index in [0.29, 0.717) is 6.29 Å². The molecule has 0 unspecified atom stereocenters. The second-order valence-electron chi connectivity index (χ2n) is 7.01. The molecule has 0 saturated carbocycles. The van der Waals surface area contributed by atoms with Crippen molar-refractivity contribution < 1.29 is 24.9 Å². The van der Waals surface area contributed by atoms with Crippen molar-refractivity contribution in [2.75, 3.05) is 17.7 Å². The molecule has 0 aliphatic heterocycles. The molecule has 0 spiro atoms. The number of thiophene rings is 1. The molecule has 1 aromatic heterocycles. The summed E-state index contributed by atoms with van der Waals surface area (Å²) in [5.74, 6) is -1.63. The van der Waals surface area contributed by atoms with Gasteiger partial charge in [0, 0.05) is 23.2 Å². The average molecular weight is 441 g/mol. The molecule has 0 bridgehead atoms. The fourth-order valence-corrected chi connectivity index (χ4v) is 4.63. The third-order valence-electron chi connectivity index (χ3n) is 4.89. The minimum atomic E-state index is -0.615. The summed E-state index contributed by atoms with van der Waals surface area (Å²) in [5.41, 5.74) is 3.04. The van der Waals surface area contributed by atoms with E-state index in [-0.39, 0.29) is 11.5 Å². The van der Waals surface area contributed by atoms with Crippen molar-refractivity contribution in [3.63, 3.8) is 0 Å². The van der Waals surface area contributed by atoms with Crippen molar-refractivity contribution in [2.45, 2.75) is 25.7 Å². The fraction of sp³-hybridized carbons (Fsp3) is 0.217. The molecule has 0 radical (unpaired) electrons. The fourth-order valence-electron chi connectivity index (χ4n) is 3.39. The van der Waals surface area contributed by atoms with E-state index in [9.17, 15) is 9.59 Å². The number of aldehydes is 1. The van der Waals surface area contributed by atoms with Crippen LogP contribution in [0.1, 0.15) is 44.0 Å². The zero-order chi connectivity index (χ0) is 22.4. The van der Waals surface area contributed by atoms with E-state index in [1.54, 1.807) is 11.3 Å². The highest BCUT2D eigenvalue weighted by atomic mass is 32.1. The highest BCUT2D eigenvalue weighted by Gasteiger charge is 2.24. The second-order valence-corrected chi connectivity index (χ2v) is 8.12. The van der Waals surface area contributed by atoms with Gasteiger partial charge in [0.2, 0.25) is 0 Å². The van der Waals surface area contributed by atoms with E-state index in [1.807, 2.05) is 37.4 Å².